The number of hydrogen-bond acceptors (Lipinski definition) is 5. The van der Waals surface area contributed by atoms with E-state index < -0.39 is 0 Å². The van der Waals surface area contributed by atoms with Crippen LogP contribution < -0.4 is 5.32 Å². The summed E-state index contributed by atoms with van der Waals surface area (Å²) in [7, 11) is 1.80. The molecule has 1 aromatic carbocycles. The summed E-state index contributed by atoms with van der Waals surface area (Å²) in [4.78, 5) is 23.3. The lowest BCUT2D eigenvalue weighted by atomic mass is 10.1. The quantitative estimate of drug-likeness (QED) is 0.348. The van der Waals surface area contributed by atoms with Gasteiger partial charge in [0.25, 0.3) is 5.91 Å². The molecule has 0 bridgehead atoms. The molecular weight excluding hydrogens is 521 g/mol. The Morgan fingerprint density at radius 3 is 2.25 bits per heavy atom. The standard InChI is InChI=1S/C23H31N5O3.HI/c1-24-23(28-10-8-27(9-11-28)22(29)21-3-2-14-31-21)25-17-19-4-6-20(7-5-19)18-26-12-15-30-16-13-26;/h2-7,14H,8-13,15-18H2,1H3,(H,24,25);1H. The van der Waals surface area contributed by atoms with Gasteiger partial charge in [-0.2, -0.15) is 0 Å². The number of amides is 1. The molecule has 8 nitrogen and oxygen atoms in total. The van der Waals surface area contributed by atoms with E-state index in [1.807, 2.05) is 4.90 Å². The fourth-order valence-electron chi connectivity index (χ4n) is 3.97. The van der Waals surface area contributed by atoms with Gasteiger partial charge in [0.1, 0.15) is 0 Å². The van der Waals surface area contributed by atoms with Crippen LogP contribution in [0.3, 0.4) is 0 Å². The largest absolute Gasteiger partial charge is 0.459 e. The third kappa shape index (κ3) is 6.46. The second-order valence-corrected chi connectivity index (χ2v) is 7.86. The van der Waals surface area contributed by atoms with Crippen LogP contribution >= 0.6 is 24.0 Å². The highest BCUT2D eigenvalue weighted by Crippen LogP contribution is 2.11. The second-order valence-electron chi connectivity index (χ2n) is 7.86. The molecule has 1 N–H and O–H groups in total. The second kappa shape index (κ2) is 12.2. The summed E-state index contributed by atoms with van der Waals surface area (Å²) in [6, 6.07) is 12.2. The smallest absolute Gasteiger partial charge is 0.289 e. The van der Waals surface area contributed by atoms with Crippen molar-refractivity contribution in [3.05, 3.63) is 59.5 Å². The molecule has 0 saturated carbocycles. The van der Waals surface area contributed by atoms with Gasteiger partial charge in [0.15, 0.2) is 11.7 Å². The predicted molar refractivity (Wildman–Crippen MR) is 134 cm³/mol. The Morgan fingerprint density at radius 2 is 1.62 bits per heavy atom. The molecule has 174 valence electrons. The van der Waals surface area contributed by atoms with Crippen molar-refractivity contribution in [3.63, 3.8) is 0 Å². The number of morpholine rings is 1. The highest BCUT2D eigenvalue weighted by Gasteiger charge is 2.25. The molecular formula is C23H32IN5O3. The SMILES string of the molecule is CN=C(NCc1ccc(CN2CCOCC2)cc1)N1CCN(C(=O)c2ccco2)CC1.I. The molecule has 0 radical (unpaired) electrons. The zero-order valence-electron chi connectivity index (χ0n) is 18.5. The number of piperazine rings is 1. The average molecular weight is 553 g/mol. The van der Waals surface area contributed by atoms with Gasteiger partial charge < -0.3 is 24.3 Å². The molecule has 2 fully saturated rings. The van der Waals surface area contributed by atoms with E-state index in [-0.39, 0.29) is 29.9 Å². The number of guanidine groups is 1. The van der Waals surface area contributed by atoms with Crippen molar-refractivity contribution in [2.24, 2.45) is 4.99 Å². The Balaban J connectivity index is 0.00000289. The topological polar surface area (TPSA) is 73.6 Å². The number of rotatable bonds is 5. The van der Waals surface area contributed by atoms with E-state index in [9.17, 15) is 4.79 Å². The van der Waals surface area contributed by atoms with E-state index in [4.69, 9.17) is 9.15 Å². The first-order valence-corrected chi connectivity index (χ1v) is 10.9. The van der Waals surface area contributed by atoms with Crippen molar-refractivity contribution in [2.45, 2.75) is 13.1 Å². The fourth-order valence-corrected chi connectivity index (χ4v) is 3.97. The fraction of sp³-hybridized carbons (Fsp3) is 0.478. The van der Waals surface area contributed by atoms with E-state index in [1.165, 1.54) is 17.4 Å². The van der Waals surface area contributed by atoms with Crippen LogP contribution in [0.5, 0.6) is 0 Å². The lowest BCUT2D eigenvalue weighted by molar-refractivity contribution is 0.0342. The summed E-state index contributed by atoms with van der Waals surface area (Å²) in [5, 5.41) is 3.45. The van der Waals surface area contributed by atoms with Crippen LogP contribution in [0.4, 0.5) is 0 Å². The number of benzene rings is 1. The minimum Gasteiger partial charge on any atom is -0.459 e. The van der Waals surface area contributed by atoms with E-state index in [0.717, 1.165) is 58.4 Å². The van der Waals surface area contributed by atoms with Gasteiger partial charge in [-0.25, -0.2) is 0 Å². The number of ether oxygens (including phenoxy) is 1. The summed E-state index contributed by atoms with van der Waals surface area (Å²) >= 11 is 0. The lowest BCUT2D eigenvalue weighted by Crippen LogP contribution is -2.53. The van der Waals surface area contributed by atoms with Gasteiger partial charge in [-0.1, -0.05) is 24.3 Å². The van der Waals surface area contributed by atoms with Gasteiger partial charge in [0, 0.05) is 59.4 Å². The number of carbonyl (C=O) groups excluding carboxylic acids is 1. The molecule has 3 heterocycles. The van der Waals surface area contributed by atoms with Gasteiger partial charge in [-0.3, -0.25) is 14.7 Å². The van der Waals surface area contributed by atoms with Crippen molar-refractivity contribution in [1.29, 1.82) is 0 Å². The predicted octanol–water partition coefficient (Wildman–Crippen LogP) is 2.26. The summed E-state index contributed by atoms with van der Waals surface area (Å²) < 4.78 is 10.7. The molecule has 2 aromatic rings. The van der Waals surface area contributed by atoms with Crippen LogP contribution in [0.2, 0.25) is 0 Å². The zero-order chi connectivity index (χ0) is 21.5. The Labute approximate surface area is 206 Å². The first kappa shape index (κ1) is 24.5. The van der Waals surface area contributed by atoms with E-state index in [1.54, 1.807) is 19.2 Å². The molecule has 2 saturated heterocycles. The van der Waals surface area contributed by atoms with Gasteiger partial charge in [0.2, 0.25) is 0 Å². The molecule has 1 aromatic heterocycles. The third-order valence-corrected chi connectivity index (χ3v) is 5.79. The summed E-state index contributed by atoms with van der Waals surface area (Å²) in [6.07, 6.45) is 1.53. The molecule has 0 unspecified atom stereocenters. The zero-order valence-corrected chi connectivity index (χ0v) is 20.9. The molecule has 4 rings (SSSR count). The van der Waals surface area contributed by atoms with Gasteiger partial charge in [-0.15, -0.1) is 24.0 Å². The first-order chi connectivity index (χ1) is 15.2. The van der Waals surface area contributed by atoms with Crippen molar-refractivity contribution in [2.75, 3.05) is 59.5 Å². The number of hydrogen-bond donors (Lipinski definition) is 1. The Hall–Kier alpha value is -2.11. The van der Waals surface area contributed by atoms with E-state index in [2.05, 4.69) is 44.4 Å². The summed E-state index contributed by atoms with van der Waals surface area (Å²) in [6.45, 7) is 8.12. The Kier molecular flexibility index (Phi) is 9.36. The van der Waals surface area contributed by atoms with Crippen molar-refractivity contribution < 1.29 is 13.9 Å². The monoisotopic (exact) mass is 553 g/mol. The number of halogens is 1. The molecule has 2 aliphatic heterocycles. The molecule has 0 spiro atoms. The molecule has 0 atom stereocenters. The maximum atomic E-state index is 12.4. The van der Waals surface area contributed by atoms with E-state index >= 15 is 0 Å². The van der Waals surface area contributed by atoms with Crippen molar-refractivity contribution in [3.8, 4) is 0 Å². The number of nitrogens with zero attached hydrogens (tertiary/aromatic N) is 4. The maximum absolute atomic E-state index is 12.4. The Bertz CT molecular complexity index is 858. The van der Waals surface area contributed by atoms with Crippen LogP contribution in [0.1, 0.15) is 21.7 Å². The molecule has 9 heteroatoms. The van der Waals surface area contributed by atoms with Crippen molar-refractivity contribution >= 4 is 35.8 Å². The van der Waals surface area contributed by atoms with Crippen LogP contribution in [-0.4, -0.2) is 86.1 Å². The maximum Gasteiger partial charge on any atom is 0.289 e. The molecule has 1 amide bonds. The van der Waals surface area contributed by atoms with Crippen LogP contribution in [0, 0.1) is 0 Å². The number of furan rings is 1. The van der Waals surface area contributed by atoms with Gasteiger partial charge in [0.05, 0.1) is 19.5 Å². The normalized spacial score (nSPS) is 17.7. The highest BCUT2D eigenvalue weighted by molar-refractivity contribution is 14.0. The van der Waals surface area contributed by atoms with Gasteiger partial charge in [-0.05, 0) is 23.3 Å². The van der Waals surface area contributed by atoms with Crippen LogP contribution in [-0.2, 0) is 17.8 Å². The minimum atomic E-state index is -0.0511. The summed E-state index contributed by atoms with van der Waals surface area (Å²) in [5.41, 5.74) is 2.55. The average Bonchev–Trinajstić information content (AvgIpc) is 3.36. The lowest BCUT2D eigenvalue weighted by Gasteiger charge is -2.36. The van der Waals surface area contributed by atoms with Gasteiger partial charge >= 0.3 is 0 Å². The summed E-state index contributed by atoms with van der Waals surface area (Å²) in [5.74, 6) is 1.21. The minimum absolute atomic E-state index is 0. The Morgan fingerprint density at radius 1 is 0.969 bits per heavy atom. The van der Waals surface area contributed by atoms with Crippen LogP contribution in [0.25, 0.3) is 0 Å². The van der Waals surface area contributed by atoms with E-state index in [0.29, 0.717) is 18.8 Å². The number of nitrogens with one attached hydrogen (secondary N) is 1. The number of aliphatic imine (C=N–C) groups is 1. The third-order valence-electron chi connectivity index (χ3n) is 5.79. The molecule has 32 heavy (non-hydrogen) atoms. The first-order valence-electron chi connectivity index (χ1n) is 10.9. The molecule has 2 aliphatic rings. The molecule has 0 aliphatic carbocycles. The van der Waals surface area contributed by atoms with Crippen molar-refractivity contribution in [1.82, 2.24) is 20.0 Å². The number of carbonyl (C=O) groups is 1. The van der Waals surface area contributed by atoms with Crippen LogP contribution in [0.15, 0.2) is 52.1 Å². The highest BCUT2D eigenvalue weighted by atomic mass is 127.